The van der Waals surface area contributed by atoms with Crippen molar-refractivity contribution in [3.8, 4) is 0 Å². The molecule has 0 saturated carbocycles. The molecular weight excluding hydrogens is 243 g/mol. The van der Waals surface area contributed by atoms with Gasteiger partial charge >= 0.3 is 0 Å². The van der Waals surface area contributed by atoms with Crippen LogP contribution in [0.5, 0.6) is 0 Å². The zero-order valence-electron chi connectivity index (χ0n) is 9.58. The summed E-state index contributed by atoms with van der Waals surface area (Å²) in [5.74, 6) is -0.478. The van der Waals surface area contributed by atoms with E-state index in [1.807, 2.05) is 6.92 Å². The van der Waals surface area contributed by atoms with Crippen LogP contribution in [0.15, 0.2) is 18.2 Å². The Morgan fingerprint density at radius 3 is 2.94 bits per heavy atom. The number of Topliss-reactive ketones (excluding diaryl/α,β-unsaturated/α-hetero) is 1. The van der Waals surface area contributed by atoms with Gasteiger partial charge in [0, 0.05) is 17.4 Å². The number of hydrogen-bond donors (Lipinski definition) is 0. The van der Waals surface area contributed by atoms with Gasteiger partial charge in [-0.05, 0) is 31.0 Å². The summed E-state index contributed by atoms with van der Waals surface area (Å²) in [6, 6.07) is 4.40. The smallest absolute Gasteiger partial charge is 0.142 e. The third-order valence-corrected chi connectivity index (χ3v) is 3.27. The third-order valence-electron chi connectivity index (χ3n) is 3.03. The van der Waals surface area contributed by atoms with Crippen molar-refractivity contribution >= 4 is 17.4 Å². The normalized spacial score (nSPS) is 23.9. The standard InChI is InChI=1S/C13H14ClFO2/c1-8-4-10(7-17-8)13(16)5-9-2-3-11(14)6-12(9)15/h2-3,6,8,10H,4-5,7H2,1H3. The Hall–Kier alpha value is -0.930. The minimum atomic E-state index is -0.419. The molecule has 0 aromatic heterocycles. The summed E-state index contributed by atoms with van der Waals surface area (Å²) in [5, 5.41) is 0.344. The van der Waals surface area contributed by atoms with Crippen molar-refractivity contribution < 1.29 is 13.9 Å². The molecule has 1 fully saturated rings. The van der Waals surface area contributed by atoms with Gasteiger partial charge in [0.1, 0.15) is 11.6 Å². The molecule has 17 heavy (non-hydrogen) atoms. The number of benzene rings is 1. The Morgan fingerprint density at radius 1 is 1.59 bits per heavy atom. The van der Waals surface area contributed by atoms with Gasteiger partial charge in [0.2, 0.25) is 0 Å². The Balaban J connectivity index is 2.03. The summed E-state index contributed by atoms with van der Waals surface area (Å²) >= 11 is 5.65. The van der Waals surface area contributed by atoms with Crippen molar-refractivity contribution in [3.63, 3.8) is 0 Å². The number of carbonyl (C=O) groups is 1. The number of ether oxygens (including phenoxy) is 1. The summed E-state index contributed by atoms with van der Waals surface area (Å²) in [5.41, 5.74) is 0.402. The highest BCUT2D eigenvalue weighted by atomic mass is 35.5. The molecule has 1 aromatic carbocycles. The van der Waals surface area contributed by atoms with Crippen LogP contribution in [0.25, 0.3) is 0 Å². The minimum absolute atomic E-state index is 0.0376. The lowest BCUT2D eigenvalue weighted by molar-refractivity contribution is -0.122. The second-order valence-electron chi connectivity index (χ2n) is 4.46. The monoisotopic (exact) mass is 256 g/mol. The molecule has 1 saturated heterocycles. The first kappa shape index (κ1) is 12.5. The molecular formula is C13H14ClFO2. The lowest BCUT2D eigenvalue weighted by Crippen LogP contribution is -2.17. The Kier molecular flexibility index (Phi) is 3.79. The van der Waals surface area contributed by atoms with Gasteiger partial charge in [0.25, 0.3) is 0 Å². The van der Waals surface area contributed by atoms with Gasteiger partial charge in [-0.1, -0.05) is 17.7 Å². The van der Waals surface area contributed by atoms with Gasteiger partial charge in [0.15, 0.2) is 0 Å². The Labute approximate surface area is 105 Å². The van der Waals surface area contributed by atoms with E-state index in [0.29, 0.717) is 17.2 Å². The molecule has 1 aromatic rings. The predicted molar refractivity (Wildman–Crippen MR) is 63.6 cm³/mol. The molecule has 1 aliphatic heterocycles. The van der Waals surface area contributed by atoms with Gasteiger partial charge in [-0.25, -0.2) is 4.39 Å². The average Bonchev–Trinajstić information content (AvgIpc) is 2.69. The highest BCUT2D eigenvalue weighted by molar-refractivity contribution is 6.30. The number of hydrogen-bond acceptors (Lipinski definition) is 2. The van der Waals surface area contributed by atoms with Gasteiger partial charge in [-0.15, -0.1) is 0 Å². The van der Waals surface area contributed by atoms with E-state index in [1.165, 1.54) is 6.07 Å². The molecule has 0 spiro atoms. The first-order chi connectivity index (χ1) is 8.06. The molecule has 92 valence electrons. The van der Waals surface area contributed by atoms with Crippen LogP contribution >= 0.6 is 11.6 Å². The van der Waals surface area contributed by atoms with Crippen LogP contribution in [0.1, 0.15) is 18.9 Å². The Morgan fingerprint density at radius 2 is 2.35 bits per heavy atom. The van der Waals surface area contributed by atoms with Crippen LogP contribution in [0.3, 0.4) is 0 Å². The molecule has 1 aliphatic rings. The highest BCUT2D eigenvalue weighted by Crippen LogP contribution is 2.22. The Bertz CT molecular complexity index is 433. The lowest BCUT2D eigenvalue weighted by atomic mass is 9.95. The average molecular weight is 257 g/mol. The fraction of sp³-hybridized carbons (Fsp3) is 0.462. The summed E-state index contributed by atoms with van der Waals surface area (Å²) < 4.78 is 18.8. The maximum absolute atomic E-state index is 13.5. The van der Waals surface area contributed by atoms with E-state index >= 15 is 0 Å². The molecule has 1 heterocycles. The SMILES string of the molecule is CC1CC(C(=O)Cc2ccc(Cl)cc2F)CO1. The number of rotatable bonds is 3. The molecule has 2 atom stereocenters. The van der Waals surface area contributed by atoms with Crippen LogP contribution in [0.2, 0.25) is 5.02 Å². The van der Waals surface area contributed by atoms with Crippen LogP contribution in [-0.4, -0.2) is 18.5 Å². The highest BCUT2D eigenvalue weighted by Gasteiger charge is 2.28. The summed E-state index contributed by atoms with van der Waals surface area (Å²) in [6.07, 6.45) is 0.969. The quantitative estimate of drug-likeness (QED) is 0.831. The van der Waals surface area contributed by atoms with E-state index in [1.54, 1.807) is 12.1 Å². The molecule has 0 radical (unpaired) electrons. The van der Waals surface area contributed by atoms with Crippen LogP contribution in [0, 0.1) is 11.7 Å². The van der Waals surface area contributed by atoms with E-state index in [0.717, 1.165) is 6.42 Å². The van der Waals surface area contributed by atoms with E-state index in [9.17, 15) is 9.18 Å². The third kappa shape index (κ3) is 3.05. The molecule has 0 N–H and O–H groups in total. The van der Waals surface area contributed by atoms with E-state index in [-0.39, 0.29) is 24.2 Å². The second-order valence-corrected chi connectivity index (χ2v) is 4.89. The van der Waals surface area contributed by atoms with Crippen molar-refractivity contribution in [3.05, 3.63) is 34.6 Å². The van der Waals surface area contributed by atoms with Gasteiger partial charge in [0.05, 0.1) is 12.7 Å². The van der Waals surface area contributed by atoms with Gasteiger partial charge < -0.3 is 4.74 Å². The summed E-state index contributed by atoms with van der Waals surface area (Å²) in [7, 11) is 0. The zero-order valence-corrected chi connectivity index (χ0v) is 10.3. The minimum Gasteiger partial charge on any atom is -0.378 e. The molecule has 0 aliphatic carbocycles. The molecule has 0 amide bonds. The first-order valence-electron chi connectivity index (χ1n) is 5.64. The topological polar surface area (TPSA) is 26.3 Å². The van der Waals surface area contributed by atoms with Gasteiger partial charge in [-0.3, -0.25) is 4.79 Å². The summed E-state index contributed by atoms with van der Waals surface area (Å²) in [6.45, 7) is 2.39. The largest absolute Gasteiger partial charge is 0.378 e. The van der Waals surface area contributed by atoms with Crippen molar-refractivity contribution in [1.29, 1.82) is 0 Å². The van der Waals surface area contributed by atoms with Gasteiger partial charge in [-0.2, -0.15) is 0 Å². The molecule has 4 heteroatoms. The van der Waals surface area contributed by atoms with Crippen molar-refractivity contribution in [1.82, 2.24) is 0 Å². The fourth-order valence-corrected chi connectivity index (χ4v) is 2.20. The van der Waals surface area contributed by atoms with Crippen LogP contribution < -0.4 is 0 Å². The van der Waals surface area contributed by atoms with Crippen molar-refractivity contribution in [2.24, 2.45) is 5.92 Å². The van der Waals surface area contributed by atoms with E-state index < -0.39 is 5.82 Å². The maximum atomic E-state index is 13.5. The molecule has 2 nitrogen and oxygen atoms in total. The van der Waals surface area contributed by atoms with Crippen molar-refractivity contribution in [2.45, 2.75) is 25.9 Å². The molecule has 2 rings (SSSR count). The van der Waals surface area contributed by atoms with Crippen molar-refractivity contribution in [2.75, 3.05) is 6.61 Å². The number of halogens is 2. The lowest BCUT2D eigenvalue weighted by Gasteiger charge is -2.07. The second kappa shape index (κ2) is 5.15. The first-order valence-corrected chi connectivity index (χ1v) is 6.02. The van der Waals surface area contributed by atoms with Crippen LogP contribution in [-0.2, 0) is 16.0 Å². The molecule has 0 bridgehead atoms. The molecule has 2 unspecified atom stereocenters. The van der Waals surface area contributed by atoms with E-state index in [2.05, 4.69) is 0 Å². The zero-order chi connectivity index (χ0) is 12.4. The number of carbonyl (C=O) groups excluding carboxylic acids is 1. The number of ketones is 1. The predicted octanol–water partition coefficient (Wildman–Crippen LogP) is 3.02. The van der Waals surface area contributed by atoms with E-state index in [4.69, 9.17) is 16.3 Å². The fourth-order valence-electron chi connectivity index (χ4n) is 2.04. The summed E-state index contributed by atoms with van der Waals surface area (Å²) in [4.78, 5) is 11.9. The maximum Gasteiger partial charge on any atom is 0.142 e. The van der Waals surface area contributed by atoms with Crippen LogP contribution in [0.4, 0.5) is 4.39 Å².